The number of halogens is 2. The Morgan fingerprint density at radius 3 is 2.30 bits per heavy atom. The Labute approximate surface area is 245 Å². The van der Waals surface area contributed by atoms with Gasteiger partial charge < -0.3 is 14.9 Å². The van der Waals surface area contributed by atoms with Crippen LogP contribution in [0.4, 0.5) is 8.78 Å². The van der Waals surface area contributed by atoms with Crippen LogP contribution in [-0.2, 0) is 0 Å². The zero-order chi connectivity index (χ0) is 30.2. The zero-order valence-corrected chi connectivity index (χ0v) is 23.3. The van der Waals surface area contributed by atoms with Gasteiger partial charge in [0.2, 0.25) is 0 Å². The van der Waals surface area contributed by atoms with Crippen molar-refractivity contribution in [1.29, 1.82) is 0 Å². The third-order valence-corrected chi connectivity index (χ3v) is 7.76. The van der Waals surface area contributed by atoms with Gasteiger partial charge in [0.25, 0.3) is 5.91 Å². The Hall–Kier alpha value is -5.37. The summed E-state index contributed by atoms with van der Waals surface area (Å²) in [6, 6.07) is 26.0. The monoisotopic (exact) mass is 576 g/mol. The van der Waals surface area contributed by atoms with E-state index in [2.05, 4.69) is 16.5 Å². The molecule has 0 saturated carbocycles. The van der Waals surface area contributed by atoms with Crippen molar-refractivity contribution in [1.82, 2.24) is 10.5 Å². The van der Waals surface area contributed by atoms with E-state index >= 15 is 0 Å². The van der Waals surface area contributed by atoms with Crippen molar-refractivity contribution < 1.29 is 28.0 Å². The fourth-order valence-electron chi connectivity index (χ4n) is 5.35. The Morgan fingerprint density at radius 2 is 1.56 bits per heavy atom. The highest BCUT2D eigenvalue weighted by molar-refractivity contribution is 6.09. The van der Waals surface area contributed by atoms with Crippen molar-refractivity contribution >= 4 is 33.6 Å². The first-order chi connectivity index (χ1) is 20.7. The standard InChI is InChI=1S/C35H26F2N2O4/c1-19(24-12-9-22-5-3-4-6-25(22)15-24)33-32-29(34(40)38-20(2)21-7-10-23(11-8-21)35(41)42)16-26(17-31(32)39-43-33)28-18-27(36)13-14-30(28)37/h3-20H,1-2H3,(H,38,40)(H,41,42)/t19-,20+/m1/s1. The maximum atomic E-state index is 14.8. The summed E-state index contributed by atoms with van der Waals surface area (Å²) in [4.78, 5) is 25.2. The predicted molar refractivity (Wildman–Crippen MR) is 160 cm³/mol. The number of carbonyl (C=O) groups is 2. The molecule has 2 atom stereocenters. The van der Waals surface area contributed by atoms with Gasteiger partial charge >= 0.3 is 5.97 Å². The lowest BCUT2D eigenvalue weighted by Gasteiger charge is -2.17. The Morgan fingerprint density at radius 1 is 0.837 bits per heavy atom. The zero-order valence-electron chi connectivity index (χ0n) is 23.3. The van der Waals surface area contributed by atoms with Crippen molar-refractivity contribution in [2.45, 2.75) is 25.8 Å². The van der Waals surface area contributed by atoms with Crippen LogP contribution in [0.5, 0.6) is 0 Å². The molecular formula is C35H26F2N2O4. The molecule has 2 N–H and O–H groups in total. The lowest BCUT2D eigenvalue weighted by Crippen LogP contribution is -2.27. The summed E-state index contributed by atoms with van der Waals surface area (Å²) < 4.78 is 34.8. The van der Waals surface area contributed by atoms with Gasteiger partial charge in [-0.2, -0.15) is 0 Å². The first kappa shape index (κ1) is 27.8. The van der Waals surface area contributed by atoms with Crippen LogP contribution in [0.25, 0.3) is 32.8 Å². The van der Waals surface area contributed by atoms with Crippen LogP contribution in [0, 0.1) is 11.6 Å². The van der Waals surface area contributed by atoms with Gasteiger partial charge in [0.15, 0.2) is 5.76 Å². The van der Waals surface area contributed by atoms with E-state index in [0.29, 0.717) is 22.2 Å². The van der Waals surface area contributed by atoms with E-state index in [-0.39, 0.29) is 28.2 Å². The van der Waals surface area contributed by atoms with Gasteiger partial charge in [0, 0.05) is 11.5 Å². The number of fused-ring (bicyclic) bond motifs is 2. The number of carboxylic acids is 1. The molecule has 5 aromatic carbocycles. The number of nitrogens with one attached hydrogen (secondary N) is 1. The number of amides is 1. The minimum absolute atomic E-state index is 0.0135. The third-order valence-electron chi connectivity index (χ3n) is 7.76. The topological polar surface area (TPSA) is 92.4 Å². The largest absolute Gasteiger partial charge is 0.478 e. The first-order valence-corrected chi connectivity index (χ1v) is 13.7. The van der Waals surface area contributed by atoms with E-state index in [4.69, 9.17) is 4.52 Å². The van der Waals surface area contributed by atoms with Gasteiger partial charge in [0.05, 0.1) is 22.6 Å². The van der Waals surface area contributed by atoms with E-state index in [0.717, 1.165) is 34.5 Å². The van der Waals surface area contributed by atoms with Crippen LogP contribution in [0.2, 0.25) is 0 Å². The Bertz CT molecular complexity index is 2020. The quantitative estimate of drug-likeness (QED) is 0.200. The number of nitrogens with zero attached hydrogens (tertiary/aromatic N) is 1. The smallest absolute Gasteiger partial charge is 0.335 e. The number of hydrogen-bond donors (Lipinski definition) is 2. The lowest BCUT2D eigenvalue weighted by atomic mass is 9.91. The van der Waals surface area contributed by atoms with Crippen LogP contribution in [0.15, 0.2) is 102 Å². The van der Waals surface area contributed by atoms with Crippen molar-refractivity contribution in [2.75, 3.05) is 0 Å². The molecule has 0 saturated heterocycles. The van der Waals surface area contributed by atoms with Crippen LogP contribution >= 0.6 is 0 Å². The molecule has 0 aliphatic carbocycles. The molecule has 6 rings (SSSR count). The van der Waals surface area contributed by atoms with Gasteiger partial charge in [-0.25, -0.2) is 13.6 Å². The average Bonchev–Trinajstić information content (AvgIpc) is 3.45. The second kappa shape index (κ2) is 11.1. The molecule has 0 radical (unpaired) electrons. The molecule has 0 bridgehead atoms. The normalized spacial score (nSPS) is 12.7. The Balaban J connectivity index is 1.45. The van der Waals surface area contributed by atoms with Crippen LogP contribution in [-0.4, -0.2) is 22.1 Å². The highest BCUT2D eigenvalue weighted by atomic mass is 19.1. The van der Waals surface area contributed by atoms with Gasteiger partial charge in [-0.15, -0.1) is 0 Å². The minimum Gasteiger partial charge on any atom is -0.478 e. The second-order valence-electron chi connectivity index (χ2n) is 10.5. The van der Waals surface area contributed by atoms with Crippen molar-refractivity contribution in [3.8, 4) is 11.1 Å². The molecule has 1 aromatic heterocycles. The van der Waals surface area contributed by atoms with E-state index in [1.54, 1.807) is 25.1 Å². The molecule has 214 valence electrons. The van der Waals surface area contributed by atoms with E-state index in [1.165, 1.54) is 18.2 Å². The molecule has 1 heterocycles. The average molecular weight is 577 g/mol. The van der Waals surface area contributed by atoms with Crippen molar-refractivity contribution in [3.05, 3.63) is 137 Å². The number of carbonyl (C=O) groups excluding carboxylic acids is 1. The SMILES string of the molecule is C[C@H](c1ccc2ccccc2c1)c1onc2cc(-c3cc(F)ccc3F)cc(C(=O)N[C@@H](C)c3ccc(C(=O)O)cc3)c12. The molecule has 6 aromatic rings. The molecule has 0 unspecified atom stereocenters. The van der Waals surface area contributed by atoms with Crippen molar-refractivity contribution in [3.63, 3.8) is 0 Å². The fraction of sp³-hybridized carbons (Fsp3) is 0.114. The number of aromatic nitrogens is 1. The summed E-state index contributed by atoms with van der Waals surface area (Å²) in [7, 11) is 0. The summed E-state index contributed by atoms with van der Waals surface area (Å²) in [5.74, 6) is -2.63. The molecule has 0 spiro atoms. The summed E-state index contributed by atoms with van der Waals surface area (Å²) >= 11 is 0. The summed E-state index contributed by atoms with van der Waals surface area (Å²) in [5.41, 5.74) is 2.55. The molecule has 8 heteroatoms. The predicted octanol–water partition coefficient (Wildman–Crippen LogP) is 8.27. The molecule has 0 aliphatic rings. The summed E-state index contributed by atoms with van der Waals surface area (Å²) in [6.45, 7) is 3.73. The number of benzene rings is 5. The number of hydrogen-bond acceptors (Lipinski definition) is 4. The minimum atomic E-state index is -1.05. The summed E-state index contributed by atoms with van der Waals surface area (Å²) in [5, 5.41) is 19.0. The molecule has 1 amide bonds. The first-order valence-electron chi connectivity index (χ1n) is 13.7. The van der Waals surface area contributed by atoms with Crippen LogP contribution < -0.4 is 5.32 Å². The highest BCUT2D eigenvalue weighted by Crippen LogP contribution is 2.37. The fourth-order valence-corrected chi connectivity index (χ4v) is 5.35. The number of aromatic carboxylic acids is 1. The van der Waals surface area contributed by atoms with Gasteiger partial charge in [0.1, 0.15) is 17.2 Å². The number of carboxylic acid groups (broad SMARTS) is 1. The highest BCUT2D eigenvalue weighted by Gasteiger charge is 2.26. The lowest BCUT2D eigenvalue weighted by molar-refractivity contribution is 0.0696. The van der Waals surface area contributed by atoms with Crippen LogP contribution in [0.3, 0.4) is 0 Å². The van der Waals surface area contributed by atoms with E-state index < -0.39 is 29.6 Å². The maximum absolute atomic E-state index is 14.8. The Kier molecular flexibility index (Phi) is 7.19. The molecule has 0 fully saturated rings. The van der Waals surface area contributed by atoms with Gasteiger partial charge in [-0.3, -0.25) is 4.79 Å². The van der Waals surface area contributed by atoms with Crippen molar-refractivity contribution in [2.24, 2.45) is 0 Å². The molecule has 6 nitrogen and oxygen atoms in total. The third kappa shape index (κ3) is 5.35. The second-order valence-corrected chi connectivity index (χ2v) is 10.5. The molecule has 0 aliphatic heterocycles. The van der Waals surface area contributed by atoms with Gasteiger partial charge in [-0.05, 0) is 76.9 Å². The molecule has 43 heavy (non-hydrogen) atoms. The maximum Gasteiger partial charge on any atom is 0.335 e. The molecular weight excluding hydrogens is 550 g/mol. The number of rotatable bonds is 7. The van der Waals surface area contributed by atoms with E-state index in [9.17, 15) is 23.5 Å². The summed E-state index contributed by atoms with van der Waals surface area (Å²) in [6.07, 6.45) is 0. The van der Waals surface area contributed by atoms with Crippen LogP contribution in [0.1, 0.15) is 63.4 Å². The van der Waals surface area contributed by atoms with Gasteiger partial charge in [-0.1, -0.05) is 66.7 Å². The van der Waals surface area contributed by atoms with E-state index in [1.807, 2.05) is 43.3 Å².